The molecule has 1 aromatic rings. The van der Waals surface area contributed by atoms with Crippen LogP contribution in [0.15, 0.2) is 24.3 Å². The second kappa shape index (κ2) is 5.38. The van der Waals surface area contributed by atoms with Gasteiger partial charge in [0.2, 0.25) is 0 Å². The van der Waals surface area contributed by atoms with Crippen LogP contribution < -0.4 is 5.32 Å². The summed E-state index contributed by atoms with van der Waals surface area (Å²) >= 11 is 0. The summed E-state index contributed by atoms with van der Waals surface area (Å²) in [6, 6.07) is 9.64. The zero-order valence-corrected chi connectivity index (χ0v) is 9.44. The highest BCUT2D eigenvalue weighted by Crippen LogP contribution is 2.22. The number of halogens is 1. The minimum Gasteiger partial charge on any atom is -0.310 e. The first-order chi connectivity index (χ1) is 6.40. The monoisotopic (exact) mass is 211 g/mol. The molecular weight excluding hydrogens is 194 g/mol. The van der Waals surface area contributed by atoms with Gasteiger partial charge in [-0.15, -0.1) is 12.4 Å². The first-order valence-electron chi connectivity index (χ1n) is 5.22. The zero-order chi connectivity index (χ0) is 9.10. The molecule has 0 radical (unpaired) electrons. The number of rotatable bonds is 2. The molecule has 2 rings (SSSR count). The number of hydrogen-bond acceptors (Lipinski definition) is 1. The van der Waals surface area contributed by atoms with Crippen LogP contribution in [-0.4, -0.2) is 6.54 Å². The van der Waals surface area contributed by atoms with E-state index >= 15 is 0 Å². The number of benzene rings is 1. The third kappa shape index (κ3) is 2.49. The average molecular weight is 212 g/mol. The summed E-state index contributed by atoms with van der Waals surface area (Å²) in [7, 11) is 0. The summed E-state index contributed by atoms with van der Waals surface area (Å²) in [4.78, 5) is 0. The van der Waals surface area contributed by atoms with Crippen molar-refractivity contribution in [1.29, 1.82) is 0 Å². The van der Waals surface area contributed by atoms with Crippen LogP contribution in [0.25, 0.3) is 0 Å². The third-order valence-corrected chi connectivity index (χ3v) is 2.85. The van der Waals surface area contributed by atoms with Gasteiger partial charge in [-0.05, 0) is 36.9 Å². The van der Waals surface area contributed by atoms with Gasteiger partial charge in [0.05, 0.1) is 0 Å². The molecule has 0 aromatic heterocycles. The molecule has 1 heterocycles. The lowest BCUT2D eigenvalue weighted by Gasteiger charge is -2.10. The Labute approximate surface area is 92.3 Å². The maximum Gasteiger partial charge on any atom is 0.0320 e. The molecule has 0 spiro atoms. The van der Waals surface area contributed by atoms with Crippen molar-refractivity contribution in [3.63, 3.8) is 0 Å². The molecule has 1 N–H and O–H groups in total. The second-order valence-corrected chi connectivity index (χ2v) is 3.74. The third-order valence-electron chi connectivity index (χ3n) is 2.85. The lowest BCUT2D eigenvalue weighted by atomic mass is 10.0. The molecule has 1 aliphatic heterocycles. The summed E-state index contributed by atoms with van der Waals surface area (Å²) in [6.07, 6.45) is 3.75. The van der Waals surface area contributed by atoms with Crippen molar-refractivity contribution in [1.82, 2.24) is 5.32 Å². The number of nitrogens with one attached hydrogen (secondary N) is 1. The van der Waals surface area contributed by atoms with Crippen molar-refractivity contribution in [2.45, 2.75) is 32.2 Å². The Hall–Kier alpha value is -0.530. The molecule has 0 bridgehead atoms. The SMILES string of the molecule is CCc1ccc([C@@H]2CCCN2)cc1.Cl. The van der Waals surface area contributed by atoms with E-state index in [0.29, 0.717) is 6.04 Å². The highest BCUT2D eigenvalue weighted by atomic mass is 35.5. The van der Waals surface area contributed by atoms with Crippen LogP contribution in [-0.2, 0) is 6.42 Å². The van der Waals surface area contributed by atoms with Gasteiger partial charge in [0.1, 0.15) is 0 Å². The molecule has 14 heavy (non-hydrogen) atoms. The fourth-order valence-corrected chi connectivity index (χ4v) is 1.95. The molecule has 0 saturated carbocycles. The quantitative estimate of drug-likeness (QED) is 0.793. The van der Waals surface area contributed by atoms with Gasteiger partial charge in [-0.1, -0.05) is 31.2 Å². The van der Waals surface area contributed by atoms with Crippen LogP contribution >= 0.6 is 12.4 Å². The summed E-state index contributed by atoms with van der Waals surface area (Å²) < 4.78 is 0. The fraction of sp³-hybridized carbons (Fsp3) is 0.500. The van der Waals surface area contributed by atoms with Gasteiger partial charge in [-0.2, -0.15) is 0 Å². The minimum atomic E-state index is 0. The molecule has 1 nitrogen and oxygen atoms in total. The fourth-order valence-electron chi connectivity index (χ4n) is 1.95. The first kappa shape index (κ1) is 11.5. The van der Waals surface area contributed by atoms with Gasteiger partial charge in [-0.25, -0.2) is 0 Å². The van der Waals surface area contributed by atoms with E-state index in [9.17, 15) is 0 Å². The Morgan fingerprint density at radius 2 is 2.00 bits per heavy atom. The molecule has 1 aromatic carbocycles. The highest BCUT2D eigenvalue weighted by molar-refractivity contribution is 5.85. The number of aryl methyl sites for hydroxylation is 1. The van der Waals surface area contributed by atoms with E-state index in [-0.39, 0.29) is 12.4 Å². The molecular formula is C12H18ClN. The van der Waals surface area contributed by atoms with Crippen LogP contribution in [0.2, 0.25) is 0 Å². The lowest BCUT2D eigenvalue weighted by molar-refractivity contribution is 0.647. The van der Waals surface area contributed by atoms with Crippen molar-refractivity contribution >= 4 is 12.4 Å². The smallest absolute Gasteiger partial charge is 0.0320 e. The Morgan fingerprint density at radius 3 is 2.50 bits per heavy atom. The van der Waals surface area contributed by atoms with Gasteiger partial charge in [0.25, 0.3) is 0 Å². The van der Waals surface area contributed by atoms with Crippen LogP contribution in [0.1, 0.15) is 36.9 Å². The van der Waals surface area contributed by atoms with Crippen molar-refractivity contribution in [2.75, 3.05) is 6.54 Å². The summed E-state index contributed by atoms with van der Waals surface area (Å²) in [5.41, 5.74) is 2.89. The minimum absolute atomic E-state index is 0. The Balaban J connectivity index is 0.000000980. The maximum absolute atomic E-state index is 3.51. The Kier molecular flexibility index (Phi) is 4.43. The van der Waals surface area contributed by atoms with E-state index in [0.717, 1.165) is 6.42 Å². The van der Waals surface area contributed by atoms with Crippen molar-refractivity contribution in [3.05, 3.63) is 35.4 Å². The van der Waals surface area contributed by atoms with Gasteiger partial charge in [0.15, 0.2) is 0 Å². The standard InChI is InChI=1S/C12H17N.ClH/c1-2-10-5-7-11(8-6-10)12-4-3-9-13-12;/h5-8,12-13H,2-4,9H2,1H3;1H/t12-;/m0./s1. The maximum atomic E-state index is 3.51. The molecule has 0 amide bonds. The predicted molar refractivity (Wildman–Crippen MR) is 63.0 cm³/mol. The van der Waals surface area contributed by atoms with Gasteiger partial charge >= 0.3 is 0 Å². The normalized spacial score (nSPS) is 20.5. The molecule has 0 unspecified atom stereocenters. The van der Waals surface area contributed by atoms with Crippen LogP contribution in [0, 0.1) is 0 Å². The lowest BCUT2D eigenvalue weighted by Crippen LogP contribution is -2.12. The van der Waals surface area contributed by atoms with Crippen LogP contribution in [0.3, 0.4) is 0 Å². The van der Waals surface area contributed by atoms with Crippen molar-refractivity contribution in [3.8, 4) is 0 Å². The summed E-state index contributed by atoms with van der Waals surface area (Å²) in [5, 5.41) is 3.51. The van der Waals surface area contributed by atoms with Gasteiger partial charge in [0, 0.05) is 6.04 Å². The molecule has 78 valence electrons. The van der Waals surface area contributed by atoms with Gasteiger partial charge in [-0.3, -0.25) is 0 Å². The largest absolute Gasteiger partial charge is 0.310 e. The molecule has 1 fully saturated rings. The van der Waals surface area contributed by atoms with E-state index in [4.69, 9.17) is 0 Å². The topological polar surface area (TPSA) is 12.0 Å². The first-order valence-corrected chi connectivity index (χ1v) is 5.22. The highest BCUT2D eigenvalue weighted by Gasteiger charge is 2.15. The van der Waals surface area contributed by atoms with Crippen LogP contribution in [0.4, 0.5) is 0 Å². The van der Waals surface area contributed by atoms with E-state index in [1.165, 1.54) is 30.5 Å². The molecule has 1 atom stereocenters. The molecule has 1 aliphatic rings. The van der Waals surface area contributed by atoms with E-state index in [1.807, 2.05) is 0 Å². The average Bonchev–Trinajstić information content (AvgIpc) is 2.71. The molecule has 0 aliphatic carbocycles. The second-order valence-electron chi connectivity index (χ2n) is 3.74. The van der Waals surface area contributed by atoms with E-state index in [1.54, 1.807) is 0 Å². The predicted octanol–water partition coefficient (Wildman–Crippen LogP) is 3.10. The summed E-state index contributed by atoms with van der Waals surface area (Å²) in [6.45, 7) is 3.38. The molecule has 1 saturated heterocycles. The van der Waals surface area contributed by atoms with Crippen molar-refractivity contribution < 1.29 is 0 Å². The van der Waals surface area contributed by atoms with E-state index < -0.39 is 0 Å². The van der Waals surface area contributed by atoms with Crippen LogP contribution in [0.5, 0.6) is 0 Å². The van der Waals surface area contributed by atoms with E-state index in [2.05, 4.69) is 36.5 Å². The Bertz CT molecular complexity index is 262. The summed E-state index contributed by atoms with van der Waals surface area (Å²) in [5.74, 6) is 0. The van der Waals surface area contributed by atoms with Gasteiger partial charge < -0.3 is 5.32 Å². The zero-order valence-electron chi connectivity index (χ0n) is 8.62. The molecule has 2 heteroatoms. The van der Waals surface area contributed by atoms with Crippen molar-refractivity contribution in [2.24, 2.45) is 0 Å². The Morgan fingerprint density at radius 1 is 1.29 bits per heavy atom. The number of hydrogen-bond donors (Lipinski definition) is 1.